The van der Waals surface area contributed by atoms with E-state index in [-0.39, 0.29) is 12.7 Å². The molecule has 0 aliphatic rings. The van der Waals surface area contributed by atoms with Gasteiger partial charge in [0.05, 0.1) is 24.0 Å². The van der Waals surface area contributed by atoms with Gasteiger partial charge in [-0.2, -0.15) is 0 Å². The lowest BCUT2D eigenvalue weighted by atomic mass is 10.3. The van der Waals surface area contributed by atoms with Crippen molar-refractivity contribution in [2.75, 3.05) is 18.9 Å². The minimum Gasteiger partial charge on any atom is -0.460 e. The molecule has 0 radical (unpaired) electrons. The zero-order valence-electron chi connectivity index (χ0n) is 9.47. The molecule has 0 atom stereocenters. The van der Waals surface area contributed by atoms with Gasteiger partial charge >= 0.3 is 5.97 Å². The number of rotatable bonds is 5. The molecule has 88 valence electrons. The number of esters is 1. The normalized spacial score (nSPS) is 10.4. The summed E-state index contributed by atoms with van der Waals surface area (Å²) in [5.41, 5.74) is 6.29. The number of hydrogen-bond donors (Lipinski definition) is 1. The number of carbonyl (C=O) groups excluding carboxylic acids is 1. The first-order valence-electron chi connectivity index (χ1n) is 5.09. The summed E-state index contributed by atoms with van der Waals surface area (Å²) in [5.74, 6) is -0.438. The van der Waals surface area contributed by atoms with E-state index in [4.69, 9.17) is 15.2 Å². The number of aromatic nitrogens is 1. The molecule has 0 bridgehead atoms. The van der Waals surface area contributed by atoms with Gasteiger partial charge in [-0.1, -0.05) is 0 Å². The van der Waals surface area contributed by atoms with E-state index in [0.29, 0.717) is 17.9 Å². The average molecular weight is 224 g/mol. The Balaban J connectivity index is 2.35. The Morgan fingerprint density at radius 2 is 2.19 bits per heavy atom. The predicted molar refractivity (Wildman–Crippen MR) is 60.0 cm³/mol. The molecule has 0 fully saturated rings. The van der Waals surface area contributed by atoms with Gasteiger partial charge in [0.2, 0.25) is 0 Å². The lowest BCUT2D eigenvalue weighted by molar-refractivity contribution is 0.0176. The van der Waals surface area contributed by atoms with Gasteiger partial charge < -0.3 is 15.2 Å². The van der Waals surface area contributed by atoms with Crippen molar-refractivity contribution < 1.29 is 14.3 Å². The zero-order valence-corrected chi connectivity index (χ0v) is 9.47. The maximum absolute atomic E-state index is 11.5. The van der Waals surface area contributed by atoms with Crippen molar-refractivity contribution in [2.24, 2.45) is 0 Å². The molecule has 1 rings (SSSR count). The van der Waals surface area contributed by atoms with Crippen molar-refractivity contribution in [2.45, 2.75) is 20.0 Å². The van der Waals surface area contributed by atoms with Crippen LogP contribution in [-0.4, -0.2) is 30.3 Å². The van der Waals surface area contributed by atoms with Crippen molar-refractivity contribution in [1.82, 2.24) is 4.98 Å². The fourth-order valence-corrected chi connectivity index (χ4v) is 1.07. The molecule has 5 heteroatoms. The molecule has 2 N–H and O–H groups in total. The van der Waals surface area contributed by atoms with E-state index in [1.165, 1.54) is 18.5 Å². The summed E-state index contributed by atoms with van der Waals surface area (Å²) in [6, 6.07) is 1.53. The highest BCUT2D eigenvalue weighted by molar-refractivity contribution is 5.89. The largest absolute Gasteiger partial charge is 0.460 e. The van der Waals surface area contributed by atoms with Gasteiger partial charge in [0.1, 0.15) is 6.61 Å². The fraction of sp³-hybridized carbons (Fsp3) is 0.455. The highest BCUT2D eigenvalue weighted by Gasteiger charge is 2.07. The standard InChI is InChI=1S/C11H16N2O3/c1-8(2)15-3-4-16-11(14)9-5-10(12)7-13-6-9/h5-8H,3-4,12H2,1-2H3. The van der Waals surface area contributed by atoms with Crippen molar-refractivity contribution in [3.05, 3.63) is 24.0 Å². The van der Waals surface area contributed by atoms with Crippen LogP contribution < -0.4 is 5.73 Å². The molecule has 1 heterocycles. The van der Waals surface area contributed by atoms with Gasteiger partial charge in [-0.3, -0.25) is 4.98 Å². The second-order valence-electron chi connectivity index (χ2n) is 3.56. The summed E-state index contributed by atoms with van der Waals surface area (Å²) in [6.07, 6.45) is 3.02. The van der Waals surface area contributed by atoms with Gasteiger partial charge in [0, 0.05) is 12.4 Å². The summed E-state index contributed by atoms with van der Waals surface area (Å²) in [6.45, 7) is 4.46. The van der Waals surface area contributed by atoms with E-state index in [0.717, 1.165) is 0 Å². The second kappa shape index (κ2) is 6.07. The van der Waals surface area contributed by atoms with Gasteiger partial charge in [-0.25, -0.2) is 4.79 Å². The van der Waals surface area contributed by atoms with Crippen LogP contribution >= 0.6 is 0 Å². The van der Waals surface area contributed by atoms with Crippen molar-refractivity contribution in [3.8, 4) is 0 Å². The van der Waals surface area contributed by atoms with E-state index < -0.39 is 5.97 Å². The molecular formula is C11H16N2O3. The molecule has 16 heavy (non-hydrogen) atoms. The molecule has 0 saturated carbocycles. The third kappa shape index (κ3) is 4.27. The fourth-order valence-electron chi connectivity index (χ4n) is 1.07. The van der Waals surface area contributed by atoms with E-state index in [9.17, 15) is 4.79 Å². The number of pyridine rings is 1. The van der Waals surface area contributed by atoms with Crippen LogP contribution in [0.5, 0.6) is 0 Å². The Bertz CT molecular complexity index is 353. The number of nitrogens with two attached hydrogens (primary N) is 1. The van der Waals surface area contributed by atoms with Crippen LogP contribution in [0.2, 0.25) is 0 Å². The molecule has 5 nitrogen and oxygen atoms in total. The van der Waals surface area contributed by atoms with Crippen LogP contribution in [0.1, 0.15) is 24.2 Å². The smallest absolute Gasteiger partial charge is 0.339 e. The number of nitrogen functional groups attached to an aromatic ring is 1. The van der Waals surface area contributed by atoms with Crippen LogP contribution in [-0.2, 0) is 9.47 Å². The quantitative estimate of drug-likeness (QED) is 0.601. The van der Waals surface area contributed by atoms with Crippen LogP contribution in [0, 0.1) is 0 Å². The van der Waals surface area contributed by atoms with Crippen LogP contribution in [0.25, 0.3) is 0 Å². The summed E-state index contributed by atoms with van der Waals surface area (Å²) in [4.78, 5) is 15.3. The molecule has 0 aromatic carbocycles. The Kier molecular flexibility index (Phi) is 4.72. The van der Waals surface area contributed by atoms with Crippen LogP contribution in [0.15, 0.2) is 18.5 Å². The van der Waals surface area contributed by atoms with Crippen LogP contribution in [0.4, 0.5) is 5.69 Å². The van der Waals surface area contributed by atoms with Gasteiger partial charge in [0.25, 0.3) is 0 Å². The molecule has 0 amide bonds. The maximum atomic E-state index is 11.5. The highest BCUT2D eigenvalue weighted by Crippen LogP contribution is 2.05. The number of anilines is 1. The molecule has 0 spiro atoms. The Morgan fingerprint density at radius 3 is 2.81 bits per heavy atom. The summed E-state index contributed by atoms with van der Waals surface area (Å²) in [5, 5.41) is 0. The Labute approximate surface area is 94.6 Å². The van der Waals surface area contributed by atoms with E-state index in [2.05, 4.69) is 4.98 Å². The molecule has 1 aromatic rings. The monoisotopic (exact) mass is 224 g/mol. The number of nitrogens with zero attached hydrogens (tertiary/aromatic N) is 1. The van der Waals surface area contributed by atoms with Crippen molar-refractivity contribution in [3.63, 3.8) is 0 Å². The first-order chi connectivity index (χ1) is 7.59. The molecule has 1 aromatic heterocycles. The summed E-state index contributed by atoms with van der Waals surface area (Å²) < 4.78 is 10.2. The number of hydrogen-bond acceptors (Lipinski definition) is 5. The number of carbonyl (C=O) groups is 1. The lowest BCUT2D eigenvalue weighted by Crippen LogP contribution is -2.13. The van der Waals surface area contributed by atoms with Crippen LogP contribution in [0.3, 0.4) is 0 Å². The highest BCUT2D eigenvalue weighted by atomic mass is 16.6. The van der Waals surface area contributed by atoms with E-state index >= 15 is 0 Å². The topological polar surface area (TPSA) is 74.4 Å². The minimum atomic E-state index is -0.438. The van der Waals surface area contributed by atoms with E-state index in [1.54, 1.807) is 0 Å². The number of ether oxygens (including phenoxy) is 2. The second-order valence-corrected chi connectivity index (χ2v) is 3.56. The predicted octanol–water partition coefficient (Wildman–Crippen LogP) is 1.25. The molecule has 0 aliphatic carbocycles. The molecular weight excluding hydrogens is 208 g/mol. The third-order valence-electron chi connectivity index (χ3n) is 1.76. The minimum absolute atomic E-state index is 0.132. The summed E-state index contributed by atoms with van der Waals surface area (Å²) >= 11 is 0. The first kappa shape index (κ1) is 12.4. The average Bonchev–Trinajstić information content (AvgIpc) is 2.24. The molecule has 0 aliphatic heterocycles. The maximum Gasteiger partial charge on any atom is 0.339 e. The SMILES string of the molecule is CC(C)OCCOC(=O)c1cncc(N)c1. The Morgan fingerprint density at radius 1 is 1.44 bits per heavy atom. The van der Waals surface area contributed by atoms with E-state index in [1.807, 2.05) is 13.8 Å². The summed E-state index contributed by atoms with van der Waals surface area (Å²) in [7, 11) is 0. The lowest BCUT2D eigenvalue weighted by Gasteiger charge is -2.08. The van der Waals surface area contributed by atoms with Crippen molar-refractivity contribution >= 4 is 11.7 Å². The zero-order chi connectivity index (χ0) is 12.0. The van der Waals surface area contributed by atoms with Gasteiger partial charge in [-0.05, 0) is 19.9 Å². The van der Waals surface area contributed by atoms with Gasteiger partial charge in [0.15, 0.2) is 0 Å². The third-order valence-corrected chi connectivity index (χ3v) is 1.76. The Hall–Kier alpha value is -1.62. The molecule has 0 unspecified atom stereocenters. The van der Waals surface area contributed by atoms with Crippen molar-refractivity contribution in [1.29, 1.82) is 0 Å². The van der Waals surface area contributed by atoms with Gasteiger partial charge in [-0.15, -0.1) is 0 Å². The first-order valence-corrected chi connectivity index (χ1v) is 5.09. The molecule has 0 saturated heterocycles.